The van der Waals surface area contributed by atoms with E-state index in [1.54, 1.807) is 24.7 Å². The normalized spacial score (nSPS) is 11.9. The molecule has 0 aliphatic rings. The van der Waals surface area contributed by atoms with Gasteiger partial charge in [-0.15, -0.1) is 0 Å². The lowest BCUT2D eigenvalue weighted by molar-refractivity contribution is -0.115. The molecule has 0 saturated carbocycles. The van der Waals surface area contributed by atoms with Crippen molar-refractivity contribution in [2.75, 3.05) is 11.9 Å². The summed E-state index contributed by atoms with van der Waals surface area (Å²) in [5.41, 5.74) is 1.97. The van der Waals surface area contributed by atoms with Crippen LogP contribution in [-0.2, 0) is 4.79 Å². The van der Waals surface area contributed by atoms with Crippen LogP contribution in [0.5, 0.6) is 5.75 Å². The largest absolute Gasteiger partial charge is 0.492 e. The number of amides is 1. The molecule has 7 nitrogen and oxygen atoms in total. The molecule has 3 aromatic heterocycles. The molecule has 0 saturated heterocycles. The molecule has 3 heterocycles. The number of imidazole rings is 1. The van der Waals surface area contributed by atoms with Gasteiger partial charge in [0.25, 0.3) is 0 Å². The highest BCUT2D eigenvalue weighted by molar-refractivity contribution is 8.00. The third-order valence-electron chi connectivity index (χ3n) is 4.31. The monoisotopic (exact) mass is 423 g/mol. The maximum absolute atomic E-state index is 12.8. The van der Waals surface area contributed by atoms with Crippen LogP contribution >= 0.6 is 11.8 Å². The lowest BCUT2D eigenvalue weighted by Gasteiger charge is -2.14. The van der Waals surface area contributed by atoms with Gasteiger partial charge in [0.2, 0.25) is 5.91 Å². The molecule has 8 heteroatoms. The Morgan fingerprint density at radius 3 is 2.57 bits per heavy atom. The number of aromatic nitrogens is 2. The Kier molecular flexibility index (Phi) is 5.94. The zero-order valence-corrected chi connectivity index (χ0v) is 17.4. The maximum Gasteiger partial charge on any atom is 0.237 e. The number of nitrogens with one attached hydrogen (secondary N) is 2. The fourth-order valence-electron chi connectivity index (χ4n) is 2.90. The lowest BCUT2D eigenvalue weighted by Crippen LogP contribution is -2.22. The van der Waals surface area contributed by atoms with Crippen LogP contribution in [0.2, 0.25) is 0 Å². The van der Waals surface area contributed by atoms with Crippen LogP contribution in [-0.4, -0.2) is 27.7 Å². The number of carbonyl (C=O) groups excluding carboxylic acids is 1. The van der Waals surface area contributed by atoms with E-state index >= 15 is 0 Å². The van der Waals surface area contributed by atoms with E-state index in [0.717, 1.165) is 0 Å². The molecule has 0 spiro atoms. The third kappa shape index (κ3) is 4.28. The third-order valence-corrected chi connectivity index (χ3v) is 5.29. The number of nitrogens with zero attached hydrogens (tertiary/aromatic N) is 1. The molecule has 4 rings (SSSR count). The first-order valence-corrected chi connectivity index (χ1v) is 10.4. The highest BCUT2D eigenvalue weighted by Gasteiger charge is 2.22. The van der Waals surface area contributed by atoms with Crippen molar-refractivity contribution < 1.29 is 18.4 Å². The van der Waals surface area contributed by atoms with E-state index in [-0.39, 0.29) is 5.91 Å². The molecule has 2 N–H and O–H groups in total. The smallest absolute Gasteiger partial charge is 0.237 e. The Morgan fingerprint density at radius 1 is 1.13 bits per heavy atom. The van der Waals surface area contributed by atoms with Crippen molar-refractivity contribution in [3.8, 4) is 28.7 Å². The number of H-pyrrole nitrogens is 1. The molecular formula is C22H21N3O4S. The number of carbonyl (C=O) groups is 1. The standard InChI is InChI=1S/C22H21N3O4S/c1-3-27-16-9-5-4-8-15(16)23-21(26)14(2)30-22-24-19(17-10-6-12-28-17)20(25-22)18-11-7-13-29-18/h4-14H,3H2,1-2H3,(H,23,26)(H,24,25). The minimum atomic E-state index is -0.403. The number of rotatable bonds is 8. The summed E-state index contributed by atoms with van der Waals surface area (Å²) in [5, 5.41) is 3.12. The average Bonchev–Trinajstić information content (AvgIpc) is 3.50. The Balaban J connectivity index is 1.53. The van der Waals surface area contributed by atoms with Gasteiger partial charge in [-0.05, 0) is 50.2 Å². The van der Waals surface area contributed by atoms with Crippen molar-refractivity contribution in [3.63, 3.8) is 0 Å². The number of benzene rings is 1. The number of ether oxygens (including phenoxy) is 1. The number of furan rings is 2. The predicted molar refractivity (Wildman–Crippen MR) is 116 cm³/mol. The van der Waals surface area contributed by atoms with Gasteiger partial charge in [0.05, 0.1) is 30.1 Å². The van der Waals surface area contributed by atoms with Crippen molar-refractivity contribution in [3.05, 3.63) is 61.1 Å². The molecule has 0 radical (unpaired) electrons. The molecule has 0 fully saturated rings. The Labute approximate surface area is 177 Å². The van der Waals surface area contributed by atoms with Crippen molar-refractivity contribution in [2.45, 2.75) is 24.3 Å². The zero-order valence-electron chi connectivity index (χ0n) is 16.5. The highest BCUT2D eigenvalue weighted by Crippen LogP contribution is 2.34. The highest BCUT2D eigenvalue weighted by atomic mass is 32.2. The number of thioether (sulfide) groups is 1. The van der Waals surface area contributed by atoms with Gasteiger partial charge >= 0.3 is 0 Å². The predicted octanol–water partition coefficient (Wildman–Crippen LogP) is 5.45. The molecule has 0 aliphatic heterocycles. The van der Waals surface area contributed by atoms with Crippen LogP contribution in [0.3, 0.4) is 0 Å². The second kappa shape index (κ2) is 8.96. The Morgan fingerprint density at radius 2 is 1.87 bits per heavy atom. The van der Waals surface area contributed by atoms with Crippen LogP contribution in [0.1, 0.15) is 13.8 Å². The summed E-state index contributed by atoms with van der Waals surface area (Å²) < 4.78 is 16.6. The van der Waals surface area contributed by atoms with Gasteiger partial charge in [-0.3, -0.25) is 4.79 Å². The average molecular weight is 423 g/mol. The summed E-state index contributed by atoms with van der Waals surface area (Å²) in [6.07, 6.45) is 3.19. The molecule has 4 aromatic rings. The van der Waals surface area contributed by atoms with E-state index in [4.69, 9.17) is 13.6 Å². The van der Waals surface area contributed by atoms with E-state index in [0.29, 0.717) is 46.1 Å². The van der Waals surface area contributed by atoms with Gasteiger partial charge in [-0.1, -0.05) is 23.9 Å². The van der Waals surface area contributed by atoms with E-state index in [1.165, 1.54) is 11.8 Å². The van der Waals surface area contributed by atoms with Gasteiger partial charge in [0.1, 0.15) is 17.1 Å². The second-order valence-corrected chi connectivity index (χ2v) is 7.73. The summed E-state index contributed by atoms with van der Waals surface area (Å²) >= 11 is 1.32. The van der Waals surface area contributed by atoms with Gasteiger partial charge in [-0.2, -0.15) is 0 Å². The molecule has 0 bridgehead atoms. The van der Waals surface area contributed by atoms with E-state index in [1.807, 2.05) is 50.2 Å². The minimum absolute atomic E-state index is 0.150. The van der Waals surface area contributed by atoms with E-state index in [9.17, 15) is 4.79 Å². The van der Waals surface area contributed by atoms with Crippen molar-refractivity contribution in [2.24, 2.45) is 0 Å². The molecular weight excluding hydrogens is 402 g/mol. The first kappa shape index (κ1) is 19.9. The molecule has 0 aliphatic carbocycles. The number of para-hydroxylation sites is 2. The lowest BCUT2D eigenvalue weighted by atomic mass is 10.2. The van der Waals surface area contributed by atoms with Crippen LogP contribution in [0.15, 0.2) is 75.0 Å². The number of hydrogen-bond donors (Lipinski definition) is 2. The topological polar surface area (TPSA) is 93.3 Å². The number of aromatic amines is 1. The van der Waals surface area contributed by atoms with Gasteiger partial charge in [0, 0.05) is 0 Å². The van der Waals surface area contributed by atoms with E-state index in [2.05, 4.69) is 15.3 Å². The quantitative estimate of drug-likeness (QED) is 0.366. The summed E-state index contributed by atoms with van der Waals surface area (Å²) in [7, 11) is 0. The van der Waals surface area contributed by atoms with Gasteiger partial charge in [-0.25, -0.2) is 4.98 Å². The molecule has 1 unspecified atom stereocenters. The first-order chi connectivity index (χ1) is 14.7. The summed E-state index contributed by atoms with van der Waals surface area (Å²) in [5.74, 6) is 1.75. The maximum atomic E-state index is 12.8. The van der Waals surface area contributed by atoms with Crippen LogP contribution in [0, 0.1) is 0 Å². The SMILES string of the molecule is CCOc1ccccc1NC(=O)C(C)Sc1nc(-c2ccco2)c(-c2ccco2)[nH]1. The fraction of sp³-hybridized carbons (Fsp3) is 0.182. The fourth-order valence-corrected chi connectivity index (χ4v) is 3.71. The zero-order chi connectivity index (χ0) is 20.9. The van der Waals surface area contributed by atoms with Crippen LogP contribution < -0.4 is 10.1 Å². The second-order valence-electron chi connectivity index (χ2n) is 6.40. The Bertz CT molecular complexity index is 1050. The summed E-state index contributed by atoms with van der Waals surface area (Å²) in [6.45, 7) is 4.25. The minimum Gasteiger partial charge on any atom is -0.492 e. The van der Waals surface area contributed by atoms with Crippen LogP contribution in [0.4, 0.5) is 5.69 Å². The molecule has 154 valence electrons. The Hall–Kier alpha value is -3.39. The van der Waals surface area contributed by atoms with Crippen molar-refractivity contribution >= 4 is 23.4 Å². The van der Waals surface area contributed by atoms with Crippen LogP contribution in [0.25, 0.3) is 22.9 Å². The number of hydrogen-bond acceptors (Lipinski definition) is 6. The molecule has 30 heavy (non-hydrogen) atoms. The van der Waals surface area contributed by atoms with Gasteiger partial charge in [0.15, 0.2) is 16.7 Å². The first-order valence-electron chi connectivity index (χ1n) is 9.52. The molecule has 1 amide bonds. The van der Waals surface area contributed by atoms with Crippen molar-refractivity contribution in [1.82, 2.24) is 9.97 Å². The summed E-state index contributed by atoms with van der Waals surface area (Å²) in [6, 6.07) is 14.6. The van der Waals surface area contributed by atoms with Crippen molar-refractivity contribution in [1.29, 1.82) is 0 Å². The molecule has 1 atom stereocenters. The molecule has 1 aromatic carbocycles. The van der Waals surface area contributed by atoms with Gasteiger partial charge < -0.3 is 23.9 Å². The van der Waals surface area contributed by atoms with E-state index < -0.39 is 5.25 Å². The number of anilines is 1. The summed E-state index contributed by atoms with van der Waals surface area (Å²) in [4.78, 5) is 20.6.